The zero-order valence-corrected chi connectivity index (χ0v) is 12.0. The third-order valence-corrected chi connectivity index (χ3v) is 3.83. The Bertz CT molecular complexity index is 691. The Morgan fingerprint density at radius 2 is 2.20 bits per heavy atom. The quantitative estimate of drug-likeness (QED) is 0.943. The molecule has 5 heteroatoms. The maximum atomic E-state index is 11.8. The monoisotopic (exact) mass is 293 g/mol. The van der Waals surface area contributed by atoms with Gasteiger partial charge < -0.3 is 14.5 Å². The molecule has 0 saturated carbocycles. The molecule has 1 saturated heterocycles. The Kier molecular flexibility index (Phi) is 3.68. The highest BCUT2D eigenvalue weighted by Crippen LogP contribution is 2.30. The minimum Gasteiger partial charge on any atom is -0.491 e. The number of ether oxygens (including phenoxy) is 2. The van der Waals surface area contributed by atoms with Crippen LogP contribution < -0.4 is 10.3 Å². The molecule has 1 fully saturated rings. The predicted molar refractivity (Wildman–Crippen MR) is 78.8 cm³/mol. The highest BCUT2D eigenvalue weighted by molar-refractivity contribution is 6.32. The van der Waals surface area contributed by atoms with Crippen LogP contribution in [0.15, 0.2) is 23.0 Å². The van der Waals surface area contributed by atoms with Crippen LogP contribution in [0.4, 0.5) is 0 Å². The lowest BCUT2D eigenvalue weighted by Gasteiger charge is -2.25. The summed E-state index contributed by atoms with van der Waals surface area (Å²) in [4.78, 5) is 14.7. The normalized spacial score (nSPS) is 15.3. The molecule has 0 unspecified atom stereocenters. The maximum Gasteiger partial charge on any atom is 0.251 e. The number of aryl methyl sites for hydroxylation is 1. The van der Waals surface area contributed by atoms with Gasteiger partial charge >= 0.3 is 0 Å². The first-order valence-electron chi connectivity index (χ1n) is 6.73. The summed E-state index contributed by atoms with van der Waals surface area (Å²) in [6.45, 7) is 4.02. The van der Waals surface area contributed by atoms with Crippen molar-refractivity contribution in [2.45, 2.75) is 13.3 Å². The number of rotatable bonds is 4. The Morgan fingerprint density at radius 1 is 1.40 bits per heavy atom. The molecular formula is C15H16ClNO3. The number of fused-ring (bicyclic) bond motifs is 1. The fraction of sp³-hybridized carbons (Fsp3) is 0.400. The topological polar surface area (TPSA) is 51.3 Å². The number of aromatic amines is 1. The van der Waals surface area contributed by atoms with Crippen molar-refractivity contribution in [2.24, 2.45) is 5.92 Å². The van der Waals surface area contributed by atoms with Crippen molar-refractivity contribution in [2.75, 3.05) is 19.8 Å². The van der Waals surface area contributed by atoms with Gasteiger partial charge in [0.05, 0.1) is 30.4 Å². The number of nitrogens with one attached hydrogen (secondary N) is 1. The van der Waals surface area contributed by atoms with E-state index in [1.807, 2.05) is 19.1 Å². The SMILES string of the molecule is CCc1cc2cc(Cl)c(OCC3COC3)cc2[nH]c1=O. The largest absolute Gasteiger partial charge is 0.491 e. The molecule has 4 nitrogen and oxygen atoms in total. The Morgan fingerprint density at radius 3 is 2.85 bits per heavy atom. The first-order chi connectivity index (χ1) is 9.67. The van der Waals surface area contributed by atoms with Crippen molar-refractivity contribution < 1.29 is 9.47 Å². The predicted octanol–water partition coefficient (Wildman–Crippen LogP) is 2.77. The molecule has 1 aliphatic rings. The number of hydrogen-bond acceptors (Lipinski definition) is 3. The Hall–Kier alpha value is -1.52. The van der Waals surface area contributed by atoms with Crippen LogP contribution in [0.25, 0.3) is 10.9 Å². The summed E-state index contributed by atoms with van der Waals surface area (Å²) in [6.07, 6.45) is 0.697. The van der Waals surface area contributed by atoms with Gasteiger partial charge in [-0.2, -0.15) is 0 Å². The summed E-state index contributed by atoms with van der Waals surface area (Å²) in [6, 6.07) is 5.50. The molecule has 2 aromatic rings. The fourth-order valence-electron chi connectivity index (χ4n) is 2.21. The highest BCUT2D eigenvalue weighted by atomic mass is 35.5. The Labute approximate surface area is 121 Å². The molecule has 2 heterocycles. The molecule has 1 aliphatic heterocycles. The van der Waals surface area contributed by atoms with Gasteiger partial charge in [0.25, 0.3) is 5.56 Å². The van der Waals surface area contributed by atoms with Crippen LogP contribution in [0.1, 0.15) is 12.5 Å². The average Bonchev–Trinajstić information content (AvgIpc) is 2.37. The number of hydrogen-bond donors (Lipinski definition) is 1. The second-order valence-electron chi connectivity index (χ2n) is 5.06. The van der Waals surface area contributed by atoms with Crippen molar-refractivity contribution in [1.29, 1.82) is 0 Å². The molecule has 0 aliphatic carbocycles. The molecule has 0 bridgehead atoms. The van der Waals surface area contributed by atoms with Crippen LogP contribution in [-0.4, -0.2) is 24.8 Å². The molecular weight excluding hydrogens is 278 g/mol. The summed E-state index contributed by atoms with van der Waals surface area (Å²) in [7, 11) is 0. The van der Waals surface area contributed by atoms with E-state index in [0.717, 1.165) is 29.7 Å². The molecule has 1 aromatic carbocycles. The van der Waals surface area contributed by atoms with Gasteiger partial charge in [-0.25, -0.2) is 0 Å². The molecule has 1 aromatic heterocycles. The van der Waals surface area contributed by atoms with E-state index in [2.05, 4.69) is 4.98 Å². The molecule has 0 spiro atoms. The smallest absolute Gasteiger partial charge is 0.251 e. The minimum absolute atomic E-state index is 0.0549. The molecule has 20 heavy (non-hydrogen) atoms. The average molecular weight is 294 g/mol. The van der Waals surface area contributed by atoms with Crippen LogP contribution in [0.3, 0.4) is 0 Å². The van der Waals surface area contributed by atoms with Gasteiger partial charge in [0.2, 0.25) is 0 Å². The lowest BCUT2D eigenvalue weighted by atomic mass is 10.1. The van der Waals surface area contributed by atoms with Crippen molar-refractivity contribution in [3.63, 3.8) is 0 Å². The van der Waals surface area contributed by atoms with Crippen molar-refractivity contribution in [3.8, 4) is 5.75 Å². The molecule has 1 N–H and O–H groups in total. The van der Waals surface area contributed by atoms with Gasteiger partial charge in [-0.15, -0.1) is 0 Å². The molecule has 3 rings (SSSR count). The van der Waals surface area contributed by atoms with Gasteiger partial charge in [-0.3, -0.25) is 4.79 Å². The number of aromatic nitrogens is 1. The molecule has 0 atom stereocenters. The van der Waals surface area contributed by atoms with Crippen molar-refractivity contribution in [3.05, 3.63) is 39.1 Å². The van der Waals surface area contributed by atoms with E-state index in [-0.39, 0.29) is 5.56 Å². The third kappa shape index (κ3) is 2.53. The number of H-pyrrole nitrogens is 1. The summed E-state index contributed by atoms with van der Waals surface area (Å²) in [5.74, 6) is 1.04. The first-order valence-corrected chi connectivity index (χ1v) is 7.11. The van der Waals surface area contributed by atoms with Crippen LogP contribution in [0.5, 0.6) is 5.75 Å². The minimum atomic E-state index is -0.0549. The summed E-state index contributed by atoms with van der Waals surface area (Å²) < 4.78 is 10.8. The lowest BCUT2D eigenvalue weighted by molar-refractivity contribution is -0.0508. The van der Waals surface area contributed by atoms with Crippen molar-refractivity contribution in [1.82, 2.24) is 4.98 Å². The van der Waals surface area contributed by atoms with Crippen molar-refractivity contribution >= 4 is 22.5 Å². The fourth-order valence-corrected chi connectivity index (χ4v) is 2.44. The highest BCUT2D eigenvalue weighted by Gasteiger charge is 2.19. The molecule has 0 radical (unpaired) electrons. The van der Waals surface area contributed by atoms with Crippen LogP contribution in [-0.2, 0) is 11.2 Å². The van der Waals surface area contributed by atoms with Gasteiger partial charge in [-0.05, 0) is 18.6 Å². The zero-order chi connectivity index (χ0) is 14.1. The summed E-state index contributed by atoms with van der Waals surface area (Å²) in [5, 5.41) is 1.48. The van der Waals surface area contributed by atoms with Gasteiger partial charge in [-0.1, -0.05) is 18.5 Å². The van der Waals surface area contributed by atoms with E-state index in [0.29, 0.717) is 29.7 Å². The molecule has 0 amide bonds. The number of benzene rings is 1. The van der Waals surface area contributed by atoms with E-state index in [1.54, 1.807) is 6.07 Å². The van der Waals surface area contributed by atoms with E-state index in [1.165, 1.54) is 0 Å². The lowest BCUT2D eigenvalue weighted by Crippen LogP contribution is -2.32. The van der Waals surface area contributed by atoms with E-state index in [4.69, 9.17) is 21.1 Å². The van der Waals surface area contributed by atoms with E-state index >= 15 is 0 Å². The van der Waals surface area contributed by atoms with Gasteiger partial charge in [0, 0.05) is 22.9 Å². The maximum absolute atomic E-state index is 11.8. The summed E-state index contributed by atoms with van der Waals surface area (Å²) >= 11 is 6.23. The van der Waals surface area contributed by atoms with E-state index in [9.17, 15) is 4.79 Å². The number of halogens is 1. The number of pyridine rings is 1. The van der Waals surface area contributed by atoms with Crippen LogP contribution >= 0.6 is 11.6 Å². The van der Waals surface area contributed by atoms with E-state index < -0.39 is 0 Å². The summed E-state index contributed by atoms with van der Waals surface area (Å²) in [5.41, 5.74) is 1.45. The first kappa shape index (κ1) is 13.5. The van der Waals surface area contributed by atoms with Crippen LogP contribution in [0.2, 0.25) is 5.02 Å². The van der Waals surface area contributed by atoms with Crippen LogP contribution in [0, 0.1) is 5.92 Å². The van der Waals surface area contributed by atoms with Gasteiger partial charge in [0.15, 0.2) is 0 Å². The second-order valence-corrected chi connectivity index (χ2v) is 5.47. The van der Waals surface area contributed by atoms with Gasteiger partial charge in [0.1, 0.15) is 5.75 Å². The zero-order valence-electron chi connectivity index (χ0n) is 11.2. The standard InChI is InChI=1S/C15H16ClNO3/c1-2-10-3-11-4-12(16)14(5-13(11)17-15(10)18)20-8-9-6-19-7-9/h3-5,9H,2,6-8H2,1H3,(H,17,18). The molecule has 106 valence electrons. The third-order valence-electron chi connectivity index (χ3n) is 3.54. The Balaban J connectivity index is 1.93. The second kappa shape index (κ2) is 5.46.